The van der Waals surface area contributed by atoms with Crippen LogP contribution in [0.25, 0.3) is 0 Å². The highest BCUT2D eigenvalue weighted by Crippen LogP contribution is 2.13. The first-order valence-corrected chi connectivity index (χ1v) is 23.9. The zero-order chi connectivity index (χ0) is 54.3. The van der Waals surface area contributed by atoms with Gasteiger partial charge in [-0.1, -0.05) is 12.5 Å². The van der Waals surface area contributed by atoms with E-state index in [0.29, 0.717) is 44.5 Å². The number of nitrogens with two attached hydrogens (primary N) is 8. The van der Waals surface area contributed by atoms with E-state index >= 15 is 0 Å². The van der Waals surface area contributed by atoms with Gasteiger partial charge in [0, 0.05) is 50.4 Å². The molecule has 8 atom stereocenters. The van der Waals surface area contributed by atoms with Crippen molar-refractivity contribution < 1.29 is 48.3 Å². The van der Waals surface area contributed by atoms with Crippen LogP contribution in [0.2, 0.25) is 0 Å². The summed E-state index contributed by atoms with van der Waals surface area (Å²) < 4.78 is 0. The van der Waals surface area contributed by atoms with Gasteiger partial charge in [0.05, 0.1) is 31.1 Å². The summed E-state index contributed by atoms with van der Waals surface area (Å²) in [6, 6.07) is -8.64. The van der Waals surface area contributed by atoms with E-state index in [1.54, 1.807) is 0 Å². The minimum Gasteiger partial charge on any atom is -0.389 e. The molecule has 1 heterocycles. The van der Waals surface area contributed by atoms with Gasteiger partial charge in [-0.05, 0) is 91.3 Å². The van der Waals surface area contributed by atoms with Crippen molar-refractivity contribution in [3.63, 3.8) is 0 Å². The minimum atomic E-state index is -1.56. The molecule has 0 aliphatic carbocycles. The zero-order valence-corrected chi connectivity index (χ0v) is 41.7. The second-order valence-electron chi connectivity index (χ2n) is 17.1. The van der Waals surface area contributed by atoms with E-state index in [4.69, 9.17) is 45.9 Å². The first kappa shape index (κ1) is 63.4. The van der Waals surface area contributed by atoms with Crippen LogP contribution in [-0.4, -0.2) is 174 Å². The van der Waals surface area contributed by atoms with Gasteiger partial charge in [0.1, 0.15) is 30.2 Å². The second-order valence-corrected chi connectivity index (χ2v) is 17.1. The number of imidazole rings is 1. The zero-order valence-electron chi connectivity index (χ0n) is 41.7. The molecule has 0 fully saturated rings. The van der Waals surface area contributed by atoms with Gasteiger partial charge in [-0.15, -0.1) is 0 Å². The maximum atomic E-state index is 14.0. The molecule has 1 aromatic rings. The maximum Gasteiger partial charge on any atom is 0.245 e. The Morgan fingerprint density at radius 2 is 1.38 bits per heavy atom. The third kappa shape index (κ3) is 24.0. The van der Waals surface area contributed by atoms with Crippen LogP contribution >= 0.6 is 0 Å². The van der Waals surface area contributed by atoms with Gasteiger partial charge in [0.25, 0.3) is 0 Å². The molecule has 0 aromatic carbocycles. The summed E-state index contributed by atoms with van der Waals surface area (Å²) >= 11 is 0. The number of aliphatic hydroxyl groups excluding tert-OH is 1. The molecule has 1 rings (SSSR count). The summed E-state index contributed by atoms with van der Waals surface area (Å²) in [5.74, 6) is -6.80. The minimum absolute atomic E-state index is 0.0227. The van der Waals surface area contributed by atoms with Gasteiger partial charge in [-0.25, -0.2) is 4.98 Å². The summed E-state index contributed by atoms with van der Waals surface area (Å²) in [6.07, 6.45) is 5.79. The Hall–Kier alpha value is -6.59. The first-order chi connectivity index (χ1) is 34.1. The molecule has 0 saturated heterocycles. The smallest absolute Gasteiger partial charge is 0.245 e. The number of aliphatic imine (C=N–C) groups is 1. The van der Waals surface area contributed by atoms with Crippen LogP contribution in [0, 0.1) is 0 Å². The highest BCUT2D eigenvalue weighted by atomic mass is 16.3. The lowest BCUT2D eigenvalue weighted by molar-refractivity contribution is -0.142. The third-order valence-electron chi connectivity index (χ3n) is 11.4. The van der Waals surface area contributed by atoms with Crippen molar-refractivity contribution in [1.82, 2.24) is 46.8 Å². The molecule has 406 valence electrons. The van der Waals surface area contributed by atoms with E-state index in [-0.39, 0.29) is 76.0 Å². The summed E-state index contributed by atoms with van der Waals surface area (Å²) in [6.45, 7) is 2.69. The predicted octanol–water partition coefficient (Wildman–Crippen LogP) is -6.57. The van der Waals surface area contributed by atoms with Gasteiger partial charge in [0.2, 0.25) is 47.3 Å². The maximum absolute atomic E-state index is 14.0. The summed E-state index contributed by atoms with van der Waals surface area (Å²) in [4.78, 5) is 131. The van der Waals surface area contributed by atoms with Crippen LogP contribution in [0.4, 0.5) is 0 Å². The molecule has 24 N–H and O–H groups in total. The van der Waals surface area contributed by atoms with Crippen molar-refractivity contribution in [3.05, 3.63) is 29.9 Å². The molecule has 0 aliphatic heterocycles. The normalized spacial score (nSPS) is 14.7. The van der Waals surface area contributed by atoms with Crippen LogP contribution < -0.4 is 77.8 Å². The number of ketones is 1. The van der Waals surface area contributed by atoms with Crippen molar-refractivity contribution in [2.24, 2.45) is 50.9 Å². The number of aromatic nitrogens is 2. The van der Waals surface area contributed by atoms with Crippen molar-refractivity contribution in [3.8, 4) is 0 Å². The van der Waals surface area contributed by atoms with Crippen LogP contribution in [0.1, 0.15) is 90.2 Å². The van der Waals surface area contributed by atoms with Gasteiger partial charge in [-0.3, -0.25) is 48.1 Å². The molecular formula is C44H80N18O10. The number of carbonyl (C=O) groups is 9. The standard InChI is InChI=1S/C44H80N18O10/c1-25(57-42(71)36(34(64)21-48)61-40(69)29(49)11-4-6-16-45)38(67)55-23-35(65)58-31(13-8-18-47)43(72)62(3)26(2)39(68)60-32(20-28-22-53-24-56-28)41(70)59-30(12-5-7-17-46)33(63)15-14-27(37(50)66)10-9-19-54-44(51)52/h10,22,24-26,29-32,34,36,64H,4-9,11-21,23,45-49H2,1-3H3,(H2,50,66)(H,53,56)(H,55,67)(H,57,71)(H,58,65)(H,59,70)(H,60,68)(H,61,69)(H4,51,52,54)/b27-10+/t25-,26-,29-,30-,31+,32-,34-,36-/m0/s1. The third-order valence-corrected chi connectivity index (χ3v) is 11.4. The molecular weight excluding hydrogens is 941 g/mol. The van der Waals surface area contributed by atoms with Crippen LogP contribution in [-0.2, 0) is 49.6 Å². The lowest BCUT2D eigenvalue weighted by Crippen LogP contribution is -2.60. The Kier molecular flexibility index (Phi) is 30.6. The number of likely N-dealkylation sites (N-methyl/N-ethyl adjacent to an activating group) is 1. The number of guanidine groups is 1. The van der Waals surface area contributed by atoms with Crippen molar-refractivity contribution in [2.45, 2.75) is 139 Å². The highest BCUT2D eigenvalue weighted by molar-refractivity contribution is 5.98. The molecule has 72 heavy (non-hydrogen) atoms. The molecule has 28 nitrogen and oxygen atoms in total. The van der Waals surface area contributed by atoms with Gasteiger partial charge in [-0.2, -0.15) is 0 Å². The number of Topliss-reactive ketones (excluding diaryl/α,β-unsaturated/α-hetero) is 1. The average molecular weight is 1020 g/mol. The molecule has 0 saturated carbocycles. The lowest BCUT2D eigenvalue weighted by atomic mass is 9.98. The number of H-pyrrole nitrogens is 1. The summed E-state index contributed by atoms with van der Waals surface area (Å²) in [5, 5.41) is 25.4. The summed E-state index contributed by atoms with van der Waals surface area (Å²) in [7, 11) is 1.32. The van der Waals surface area contributed by atoms with E-state index < -0.39 is 115 Å². The lowest BCUT2D eigenvalue weighted by Gasteiger charge is -2.30. The SMILES string of the molecule is C[C@H](NC(=O)[C@@H](NC(=O)[C@@H](N)CCCCN)[C@@H](O)CN)C(=O)NCC(=O)N[C@H](CCCN)C(=O)N(C)[C@@H](C)C(=O)N[C@@H](Cc1cnc[nH]1)C(=O)N[C@@H](CCCCN)C(=O)CC/C(=C\CCN=C(N)N)C(N)=O. The van der Waals surface area contributed by atoms with E-state index in [1.807, 2.05) is 0 Å². The number of nitrogens with one attached hydrogen (secondary N) is 7. The number of aliphatic hydroxyl groups is 1. The number of rotatable bonds is 37. The molecule has 1 aromatic heterocycles. The molecule has 8 amide bonds. The molecule has 0 unspecified atom stereocenters. The summed E-state index contributed by atoms with van der Waals surface area (Å²) in [5.41, 5.74) is 45.3. The Morgan fingerprint density at radius 1 is 0.750 bits per heavy atom. The number of hydrogen-bond acceptors (Lipinski definition) is 17. The predicted molar refractivity (Wildman–Crippen MR) is 267 cm³/mol. The highest BCUT2D eigenvalue weighted by Gasteiger charge is 2.34. The fourth-order valence-electron chi connectivity index (χ4n) is 6.89. The monoisotopic (exact) mass is 1020 g/mol. The van der Waals surface area contributed by atoms with E-state index in [0.717, 1.165) is 4.90 Å². The van der Waals surface area contributed by atoms with Crippen molar-refractivity contribution >= 4 is 59.0 Å². The van der Waals surface area contributed by atoms with E-state index in [1.165, 1.54) is 39.5 Å². The fourth-order valence-corrected chi connectivity index (χ4v) is 6.89. The quantitative estimate of drug-likeness (QED) is 0.0128. The van der Waals surface area contributed by atoms with Crippen LogP contribution in [0.5, 0.6) is 0 Å². The van der Waals surface area contributed by atoms with Gasteiger partial charge in [0.15, 0.2) is 11.7 Å². The molecule has 0 radical (unpaired) electrons. The van der Waals surface area contributed by atoms with Crippen LogP contribution in [0.15, 0.2) is 29.2 Å². The van der Waals surface area contributed by atoms with Gasteiger partial charge < -0.3 is 92.8 Å². The molecule has 28 heteroatoms. The number of primary amides is 1. The van der Waals surface area contributed by atoms with E-state index in [2.05, 4.69) is 46.9 Å². The number of carbonyl (C=O) groups excluding carboxylic acids is 9. The molecule has 0 spiro atoms. The topological polar surface area (TPSA) is 498 Å². The number of unbranched alkanes of at least 4 members (excludes halogenated alkanes) is 2. The van der Waals surface area contributed by atoms with Crippen molar-refractivity contribution in [1.29, 1.82) is 0 Å². The number of amides is 8. The largest absolute Gasteiger partial charge is 0.389 e. The Labute approximate surface area is 419 Å². The Morgan fingerprint density at radius 3 is 1.96 bits per heavy atom. The average Bonchev–Trinajstić information content (AvgIpc) is 3.87. The number of aromatic amines is 1. The Bertz CT molecular complexity index is 1960. The number of hydrogen-bond donors (Lipinski definition) is 16. The first-order valence-electron chi connectivity index (χ1n) is 23.9. The van der Waals surface area contributed by atoms with Gasteiger partial charge >= 0.3 is 0 Å². The van der Waals surface area contributed by atoms with E-state index in [9.17, 15) is 48.3 Å². The molecule has 0 aliphatic rings. The van der Waals surface area contributed by atoms with Crippen LogP contribution in [0.3, 0.4) is 0 Å². The second kappa shape index (κ2) is 34.7. The van der Waals surface area contributed by atoms with Crippen molar-refractivity contribution in [2.75, 3.05) is 46.3 Å². The fraction of sp³-hybridized carbons (Fsp3) is 0.659. The number of nitrogens with zero attached hydrogens (tertiary/aromatic N) is 3. The molecule has 0 bridgehead atoms. The Balaban J connectivity index is 3.12.